The van der Waals surface area contributed by atoms with E-state index in [-0.39, 0.29) is 0 Å². The predicted octanol–water partition coefficient (Wildman–Crippen LogP) is 3.46. The zero-order valence-corrected chi connectivity index (χ0v) is 11.4. The Morgan fingerprint density at radius 2 is 2.05 bits per heavy atom. The number of benzene rings is 1. The third kappa shape index (κ3) is 2.22. The second kappa shape index (κ2) is 4.87. The van der Waals surface area contributed by atoms with Crippen LogP contribution in [0.15, 0.2) is 18.2 Å². The maximum atomic E-state index is 11.1. The van der Waals surface area contributed by atoms with Crippen LogP contribution >= 0.6 is 0 Å². The van der Waals surface area contributed by atoms with E-state index in [1.807, 2.05) is 19.1 Å². The van der Waals surface area contributed by atoms with Crippen molar-refractivity contribution < 1.29 is 9.90 Å². The van der Waals surface area contributed by atoms with Gasteiger partial charge in [0.1, 0.15) is 0 Å². The Labute approximate surface area is 114 Å². The maximum absolute atomic E-state index is 11.1. The van der Waals surface area contributed by atoms with Crippen molar-refractivity contribution in [2.45, 2.75) is 45.1 Å². The predicted molar refractivity (Wildman–Crippen MR) is 75.8 cm³/mol. The van der Waals surface area contributed by atoms with Gasteiger partial charge in [0.2, 0.25) is 0 Å². The molecule has 2 atom stereocenters. The van der Waals surface area contributed by atoms with Crippen LogP contribution in [-0.4, -0.2) is 23.7 Å². The third-order valence-corrected chi connectivity index (χ3v) is 4.77. The highest BCUT2D eigenvalue weighted by atomic mass is 16.4. The average molecular weight is 259 g/mol. The quantitative estimate of drug-likeness (QED) is 0.884. The van der Waals surface area contributed by atoms with E-state index in [0.717, 1.165) is 18.0 Å². The number of aryl methyl sites for hydroxylation is 1. The van der Waals surface area contributed by atoms with Crippen molar-refractivity contribution in [1.29, 1.82) is 0 Å². The van der Waals surface area contributed by atoms with Gasteiger partial charge in [-0.05, 0) is 62.3 Å². The van der Waals surface area contributed by atoms with Crippen molar-refractivity contribution in [1.82, 2.24) is 0 Å². The van der Waals surface area contributed by atoms with Crippen LogP contribution in [0, 0.1) is 12.8 Å². The summed E-state index contributed by atoms with van der Waals surface area (Å²) in [5, 5.41) is 9.10. The highest BCUT2D eigenvalue weighted by molar-refractivity contribution is 5.89. The number of rotatable bonds is 2. The van der Waals surface area contributed by atoms with Crippen LogP contribution < -0.4 is 4.90 Å². The lowest BCUT2D eigenvalue weighted by Crippen LogP contribution is -2.42. The van der Waals surface area contributed by atoms with Gasteiger partial charge < -0.3 is 10.0 Å². The van der Waals surface area contributed by atoms with Crippen LogP contribution in [0.1, 0.15) is 48.0 Å². The van der Waals surface area contributed by atoms with Gasteiger partial charge >= 0.3 is 5.97 Å². The van der Waals surface area contributed by atoms with Gasteiger partial charge in [-0.3, -0.25) is 0 Å². The first-order valence-corrected chi connectivity index (χ1v) is 7.27. The van der Waals surface area contributed by atoms with Gasteiger partial charge in [0.05, 0.1) is 5.56 Å². The molecule has 102 valence electrons. The number of nitrogens with zero attached hydrogens (tertiary/aromatic N) is 1. The zero-order valence-electron chi connectivity index (χ0n) is 11.4. The molecule has 2 aliphatic rings. The Morgan fingerprint density at radius 3 is 2.79 bits per heavy atom. The fraction of sp³-hybridized carbons (Fsp3) is 0.562. The second-order valence-electron chi connectivity index (χ2n) is 5.90. The molecule has 1 heterocycles. The molecule has 2 fully saturated rings. The van der Waals surface area contributed by atoms with Crippen LogP contribution in [-0.2, 0) is 0 Å². The lowest BCUT2D eigenvalue weighted by atomic mass is 9.91. The molecular weight excluding hydrogens is 238 g/mol. The summed E-state index contributed by atoms with van der Waals surface area (Å²) in [6.45, 7) is 3.01. The van der Waals surface area contributed by atoms with E-state index in [1.165, 1.54) is 37.8 Å². The number of carboxylic acid groups (broad SMARTS) is 1. The van der Waals surface area contributed by atoms with Crippen LogP contribution in [0.4, 0.5) is 5.69 Å². The minimum absolute atomic E-state index is 0.420. The van der Waals surface area contributed by atoms with Gasteiger partial charge in [-0.1, -0.05) is 6.42 Å². The molecule has 1 saturated carbocycles. The zero-order chi connectivity index (χ0) is 13.4. The number of carboxylic acids is 1. The summed E-state index contributed by atoms with van der Waals surface area (Å²) in [5.41, 5.74) is 2.49. The standard InChI is InChI=1S/C16H21NO2/c1-11-10-13(7-8-14(11)16(18)19)17-9-3-5-12-4-2-6-15(12)17/h7-8,10,12,15H,2-6,9H2,1H3,(H,18,19). The molecule has 2 unspecified atom stereocenters. The average Bonchev–Trinajstić information content (AvgIpc) is 2.86. The van der Waals surface area contributed by atoms with Crippen LogP contribution in [0.5, 0.6) is 0 Å². The highest BCUT2D eigenvalue weighted by Crippen LogP contribution is 2.39. The molecule has 0 spiro atoms. The first-order valence-electron chi connectivity index (χ1n) is 7.27. The Morgan fingerprint density at radius 1 is 1.26 bits per heavy atom. The van der Waals surface area contributed by atoms with E-state index < -0.39 is 5.97 Å². The van der Waals surface area contributed by atoms with Gasteiger partial charge in [-0.25, -0.2) is 4.79 Å². The summed E-state index contributed by atoms with van der Waals surface area (Å²) < 4.78 is 0. The van der Waals surface area contributed by atoms with Crippen LogP contribution in [0.3, 0.4) is 0 Å². The van der Waals surface area contributed by atoms with E-state index in [9.17, 15) is 4.79 Å². The van der Waals surface area contributed by atoms with Crippen molar-refractivity contribution in [3.05, 3.63) is 29.3 Å². The van der Waals surface area contributed by atoms with Crippen molar-refractivity contribution in [3.63, 3.8) is 0 Å². The van der Waals surface area contributed by atoms with Crippen molar-refractivity contribution in [2.24, 2.45) is 5.92 Å². The molecule has 0 bridgehead atoms. The third-order valence-electron chi connectivity index (χ3n) is 4.77. The summed E-state index contributed by atoms with van der Waals surface area (Å²) in [6, 6.07) is 6.47. The number of hydrogen-bond donors (Lipinski definition) is 1. The largest absolute Gasteiger partial charge is 0.478 e. The lowest BCUT2D eigenvalue weighted by molar-refractivity contribution is 0.0696. The molecule has 1 N–H and O–H groups in total. The molecule has 3 heteroatoms. The molecule has 0 amide bonds. The SMILES string of the molecule is Cc1cc(N2CCCC3CCCC32)ccc1C(=O)O. The lowest BCUT2D eigenvalue weighted by Gasteiger charge is -2.39. The van der Waals surface area contributed by atoms with Gasteiger partial charge in [0.15, 0.2) is 0 Å². The Balaban J connectivity index is 1.89. The van der Waals surface area contributed by atoms with E-state index >= 15 is 0 Å². The molecule has 3 rings (SSSR count). The van der Waals surface area contributed by atoms with E-state index in [4.69, 9.17) is 5.11 Å². The number of hydrogen-bond acceptors (Lipinski definition) is 2. The Kier molecular flexibility index (Phi) is 3.21. The molecule has 3 nitrogen and oxygen atoms in total. The molecule has 19 heavy (non-hydrogen) atoms. The normalized spacial score (nSPS) is 26.3. The van der Waals surface area contributed by atoms with Crippen molar-refractivity contribution >= 4 is 11.7 Å². The molecule has 1 aromatic carbocycles. The minimum atomic E-state index is -0.832. The van der Waals surface area contributed by atoms with Crippen LogP contribution in [0.25, 0.3) is 0 Å². The molecule has 0 aromatic heterocycles. The van der Waals surface area contributed by atoms with Crippen LogP contribution in [0.2, 0.25) is 0 Å². The second-order valence-corrected chi connectivity index (χ2v) is 5.90. The smallest absolute Gasteiger partial charge is 0.335 e. The monoisotopic (exact) mass is 259 g/mol. The number of piperidine rings is 1. The maximum Gasteiger partial charge on any atom is 0.335 e. The molecular formula is C16H21NO2. The fourth-order valence-corrected chi connectivity index (χ4v) is 3.84. The Hall–Kier alpha value is -1.51. The van der Waals surface area contributed by atoms with Crippen molar-refractivity contribution in [2.75, 3.05) is 11.4 Å². The molecule has 1 aromatic rings. The van der Waals surface area contributed by atoms with Gasteiger partial charge in [-0.2, -0.15) is 0 Å². The number of aromatic carboxylic acids is 1. The fourth-order valence-electron chi connectivity index (χ4n) is 3.84. The first kappa shape index (κ1) is 12.5. The van der Waals surface area contributed by atoms with E-state index in [2.05, 4.69) is 4.90 Å². The first-order chi connectivity index (χ1) is 9.16. The van der Waals surface area contributed by atoms with Crippen molar-refractivity contribution in [3.8, 4) is 0 Å². The summed E-state index contributed by atoms with van der Waals surface area (Å²) in [5.74, 6) is 0.0228. The molecule has 1 saturated heterocycles. The molecule has 0 radical (unpaired) electrons. The summed E-state index contributed by atoms with van der Waals surface area (Å²) in [4.78, 5) is 13.6. The number of fused-ring (bicyclic) bond motifs is 1. The topological polar surface area (TPSA) is 40.5 Å². The van der Waals surface area contributed by atoms with E-state index in [1.54, 1.807) is 6.07 Å². The van der Waals surface area contributed by atoms with Gasteiger partial charge in [0.25, 0.3) is 0 Å². The van der Waals surface area contributed by atoms with Gasteiger partial charge in [-0.15, -0.1) is 0 Å². The van der Waals surface area contributed by atoms with E-state index in [0.29, 0.717) is 11.6 Å². The molecule has 1 aliphatic carbocycles. The number of anilines is 1. The minimum Gasteiger partial charge on any atom is -0.478 e. The summed E-state index contributed by atoms with van der Waals surface area (Å²) >= 11 is 0. The molecule has 1 aliphatic heterocycles. The number of carbonyl (C=O) groups is 1. The Bertz CT molecular complexity index is 498. The summed E-state index contributed by atoms with van der Waals surface area (Å²) in [6.07, 6.45) is 6.64. The summed E-state index contributed by atoms with van der Waals surface area (Å²) in [7, 11) is 0. The van der Waals surface area contributed by atoms with Gasteiger partial charge in [0, 0.05) is 18.3 Å². The highest BCUT2D eigenvalue weighted by Gasteiger charge is 2.35.